The van der Waals surface area contributed by atoms with E-state index < -0.39 is 0 Å². The Bertz CT molecular complexity index is 378. The molecule has 1 heterocycles. The molecule has 96 valence electrons. The molecule has 0 spiro atoms. The van der Waals surface area contributed by atoms with Crippen LogP contribution in [-0.4, -0.2) is 39.2 Å². The number of hydrogen-bond acceptors (Lipinski definition) is 4. The van der Waals surface area contributed by atoms with E-state index in [1.54, 1.807) is 18.8 Å². The van der Waals surface area contributed by atoms with Crippen molar-refractivity contribution in [2.24, 2.45) is 7.05 Å². The predicted molar refractivity (Wildman–Crippen MR) is 74.3 cm³/mol. The van der Waals surface area contributed by atoms with Crippen LogP contribution in [0.3, 0.4) is 0 Å². The van der Waals surface area contributed by atoms with Crippen molar-refractivity contribution in [2.75, 3.05) is 19.3 Å². The number of aryl methyl sites for hydroxylation is 2. The number of rotatable bonds is 5. The lowest BCUT2D eigenvalue weighted by Crippen LogP contribution is -2.33. The van der Waals surface area contributed by atoms with Gasteiger partial charge in [-0.1, -0.05) is 12.8 Å². The monoisotopic (exact) mass is 274 g/mol. The largest absolute Gasteiger partial charge is 0.337 e. The summed E-state index contributed by atoms with van der Waals surface area (Å²) in [4.78, 5) is 15.6. The number of urea groups is 1. The quantitative estimate of drug-likeness (QED) is 0.631. The maximum absolute atomic E-state index is 11.1. The third-order valence-corrected chi connectivity index (χ3v) is 3.28. The molecule has 0 fully saturated rings. The molecule has 0 aromatic carbocycles. The van der Waals surface area contributed by atoms with Crippen molar-refractivity contribution in [1.82, 2.24) is 19.2 Å². The highest BCUT2D eigenvalue weighted by atomic mass is 32.2. The van der Waals surface area contributed by atoms with E-state index in [4.69, 9.17) is 0 Å². The van der Waals surface area contributed by atoms with Gasteiger partial charge in [0.1, 0.15) is 5.82 Å². The first-order valence-corrected chi connectivity index (χ1v) is 6.83. The molecule has 0 saturated heterocycles. The number of hydrogen-bond donors (Lipinski definition) is 2. The molecule has 0 aliphatic rings. The molecule has 0 unspecified atom stereocenters. The molecule has 0 saturated carbocycles. The summed E-state index contributed by atoms with van der Waals surface area (Å²) in [5.41, 5.74) is 1.04. The van der Waals surface area contributed by atoms with Crippen LogP contribution in [-0.2, 0) is 12.8 Å². The molecule has 1 aromatic heterocycles. The number of nitrogens with zero attached hydrogens (tertiary/aromatic N) is 3. The Balaban J connectivity index is 2.17. The zero-order valence-electron chi connectivity index (χ0n) is 10.3. The van der Waals surface area contributed by atoms with Crippen LogP contribution in [0.1, 0.15) is 11.5 Å². The fourth-order valence-electron chi connectivity index (χ4n) is 1.31. The molecule has 1 aromatic rings. The van der Waals surface area contributed by atoms with Gasteiger partial charge in [-0.25, -0.2) is 9.78 Å². The summed E-state index contributed by atoms with van der Waals surface area (Å²) in [5.74, 6) is 2.78. The average molecular weight is 274 g/mol. The summed E-state index contributed by atoms with van der Waals surface area (Å²) >= 11 is 5.64. The van der Waals surface area contributed by atoms with Gasteiger partial charge in [0, 0.05) is 32.6 Å². The van der Waals surface area contributed by atoms with Crippen LogP contribution in [0.15, 0.2) is 6.20 Å². The molecule has 0 atom stereocenters. The molecule has 1 rings (SSSR count). The molecular weight excluding hydrogens is 256 g/mol. The Morgan fingerprint density at radius 1 is 1.71 bits per heavy atom. The van der Waals surface area contributed by atoms with Gasteiger partial charge in [-0.05, 0) is 6.92 Å². The Kier molecular flexibility index (Phi) is 5.70. The number of imidazole rings is 1. The van der Waals surface area contributed by atoms with E-state index in [2.05, 4.69) is 23.1 Å². The highest BCUT2D eigenvalue weighted by molar-refractivity contribution is 7.98. The first kappa shape index (κ1) is 14.2. The minimum Gasteiger partial charge on any atom is -0.337 e. The highest BCUT2D eigenvalue weighted by Gasteiger charge is 2.04. The minimum atomic E-state index is -0.179. The summed E-state index contributed by atoms with van der Waals surface area (Å²) in [5, 5.41) is 2.75. The van der Waals surface area contributed by atoms with Gasteiger partial charge in [0.05, 0.1) is 11.4 Å². The number of thioether (sulfide) groups is 1. The number of amides is 2. The highest BCUT2D eigenvalue weighted by Crippen LogP contribution is 2.10. The molecule has 17 heavy (non-hydrogen) atoms. The third kappa shape index (κ3) is 4.91. The van der Waals surface area contributed by atoms with E-state index >= 15 is 0 Å². The second-order valence-corrected chi connectivity index (χ2v) is 5.42. The Morgan fingerprint density at radius 2 is 2.41 bits per heavy atom. The Labute approximate surface area is 112 Å². The summed E-state index contributed by atoms with van der Waals surface area (Å²) in [6, 6.07) is -0.179. The van der Waals surface area contributed by atoms with Crippen molar-refractivity contribution in [3.05, 3.63) is 17.7 Å². The SMILES string of the molecule is Cc1cn(C)c(CSCCNC(=O)N(C)S)n1. The summed E-state index contributed by atoms with van der Waals surface area (Å²) in [6.07, 6.45) is 2.01. The van der Waals surface area contributed by atoms with Gasteiger partial charge in [0.25, 0.3) is 0 Å². The maximum Gasteiger partial charge on any atom is 0.326 e. The fraction of sp³-hybridized carbons (Fsp3) is 0.600. The first-order chi connectivity index (χ1) is 8.00. The smallest absolute Gasteiger partial charge is 0.326 e. The van der Waals surface area contributed by atoms with Gasteiger partial charge in [-0.3, -0.25) is 4.31 Å². The van der Waals surface area contributed by atoms with Gasteiger partial charge < -0.3 is 9.88 Å². The number of nitrogens with one attached hydrogen (secondary N) is 1. The minimum absolute atomic E-state index is 0.179. The van der Waals surface area contributed by atoms with E-state index in [-0.39, 0.29) is 6.03 Å². The van der Waals surface area contributed by atoms with Crippen LogP contribution in [0.2, 0.25) is 0 Å². The van der Waals surface area contributed by atoms with E-state index in [1.165, 1.54) is 4.31 Å². The molecule has 0 aliphatic carbocycles. The predicted octanol–water partition coefficient (Wildman–Crippen LogP) is 1.45. The van der Waals surface area contributed by atoms with Crippen LogP contribution in [0.25, 0.3) is 0 Å². The fourth-order valence-corrected chi connectivity index (χ4v) is 2.22. The molecule has 0 radical (unpaired) electrons. The summed E-state index contributed by atoms with van der Waals surface area (Å²) < 4.78 is 3.26. The lowest BCUT2D eigenvalue weighted by Gasteiger charge is -2.10. The van der Waals surface area contributed by atoms with Crippen molar-refractivity contribution >= 4 is 30.6 Å². The summed E-state index contributed by atoms with van der Waals surface area (Å²) in [6.45, 7) is 2.62. The van der Waals surface area contributed by atoms with Gasteiger partial charge in [0.2, 0.25) is 0 Å². The number of thiol groups is 1. The first-order valence-electron chi connectivity index (χ1n) is 5.27. The van der Waals surface area contributed by atoms with Gasteiger partial charge in [0.15, 0.2) is 0 Å². The zero-order valence-corrected chi connectivity index (χ0v) is 12.0. The van der Waals surface area contributed by atoms with Crippen LogP contribution >= 0.6 is 24.6 Å². The molecular formula is C10H18N4OS2. The van der Waals surface area contributed by atoms with Crippen LogP contribution in [0.5, 0.6) is 0 Å². The van der Waals surface area contributed by atoms with Gasteiger partial charge in [-0.15, -0.1) is 0 Å². The van der Waals surface area contributed by atoms with Crippen molar-refractivity contribution in [1.29, 1.82) is 0 Å². The van der Waals surface area contributed by atoms with Crippen LogP contribution in [0.4, 0.5) is 4.79 Å². The summed E-state index contributed by atoms with van der Waals surface area (Å²) in [7, 11) is 3.59. The van der Waals surface area contributed by atoms with E-state index in [0.29, 0.717) is 6.54 Å². The normalized spacial score (nSPS) is 10.4. The van der Waals surface area contributed by atoms with Crippen molar-refractivity contribution in [3.8, 4) is 0 Å². The molecule has 0 bridgehead atoms. The van der Waals surface area contributed by atoms with E-state index in [0.717, 1.165) is 23.0 Å². The number of carbonyl (C=O) groups is 1. The van der Waals surface area contributed by atoms with Gasteiger partial charge >= 0.3 is 6.03 Å². The topological polar surface area (TPSA) is 50.2 Å². The molecule has 2 amide bonds. The van der Waals surface area contributed by atoms with Crippen molar-refractivity contribution in [3.63, 3.8) is 0 Å². The molecule has 5 nitrogen and oxygen atoms in total. The maximum atomic E-state index is 11.1. The van der Waals surface area contributed by atoms with Crippen LogP contribution < -0.4 is 5.32 Å². The average Bonchev–Trinajstić information content (AvgIpc) is 2.56. The molecule has 0 aliphatic heterocycles. The van der Waals surface area contributed by atoms with Crippen LogP contribution in [0, 0.1) is 6.92 Å². The van der Waals surface area contributed by atoms with Crippen molar-refractivity contribution in [2.45, 2.75) is 12.7 Å². The second-order valence-electron chi connectivity index (χ2n) is 3.72. The number of carbonyl (C=O) groups excluding carboxylic acids is 1. The molecule has 1 N–H and O–H groups in total. The van der Waals surface area contributed by atoms with Crippen molar-refractivity contribution < 1.29 is 4.79 Å². The Hall–Kier alpha value is -0.820. The standard InChI is InChI=1S/C10H18N4OS2/c1-8-6-13(2)9(12-8)7-17-5-4-11-10(15)14(3)16/h6,16H,4-5,7H2,1-3H3,(H,11,15). The second kappa shape index (κ2) is 6.80. The lowest BCUT2D eigenvalue weighted by atomic mass is 10.6. The molecule has 7 heteroatoms. The third-order valence-electron chi connectivity index (χ3n) is 2.14. The number of aromatic nitrogens is 2. The zero-order chi connectivity index (χ0) is 12.8. The van der Waals surface area contributed by atoms with Gasteiger partial charge in [-0.2, -0.15) is 11.8 Å². The lowest BCUT2D eigenvalue weighted by molar-refractivity contribution is 0.231. The van der Waals surface area contributed by atoms with E-state index in [9.17, 15) is 4.79 Å². The van der Waals surface area contributed by atoms with E-state index in [1.807, 2.05) is 24.7 Å². The Morgan fingerprint density at radius 3 is 2.94 bits per heavy atom.